The molecule has 0 fully saturated rings. The first-order valence-electron chi connectivity index (χ1n) is 5.80. The number of hydrogen-bond donors (Lipinski definition) is 1. The number of halogens is 2. The van der Waals surface area contributed by atoms with Crippen LogP contribution in [0.1, 0.15) is 5.56 Å². The molecule has 0 amide bonds. The minimum atomic E-state index is -0.348. The van der Waals surface area contributed by atoms with E-state index in [0.717, 1.165) is 17.1 Å². The lowest BCUT2D eigenvalue weighted by Gasteiger charge is -2.09. The second kappa shape index (κ2) is 4.97. The number of nitrogens with one attached hydrogen (secondary N) is 1. The van der Waals surface area contributed by atoms with Crippen molar-refractivity contribution in [2.45, 2.75) is 6.54 Å². The van der Waals surface area contributed by atoms with Crippen LogP contribution in [0.5, 0.6) is 11.5 Å². The maximum Gasteiger partial charge on any atom is 0.231 e. The van der Waals surface area contributed by atoms with Crippen molar-refractivity contribution in [1.82, 2.24) is 0 Å². The van der Waals surface area contributed by atoms with Gasteiger partial charge >= 0.3 is 0 Å². The van der Waals surface area contributed by atoms with Crippen LogP contribution in [-0.4, -0.2) is 6.79 Å². The van der Waals surface area contributed by atoms with Crippen molar-refractivity contribution < 1.29 is 13.9 Å². The van der Waals surface area contributed by atoms with Crippen LogP contribution in [0.4, 0.5) is 10.1 Å². The summed E-state index contributed by atoms with van der Waals surface area (Å²) in [5, 5.41) is 3.51. The predicted molar refractivity (Wildman–Crippen MR) is 71.3 cm³/mol. The molecule has 3 rings (SSSR count). The summed E-state index contributed by atoms with van der Waals surface area (Å²) in [6.07, 6.45) is 0. The van der Waals surface area contributed by atoms with E-state index in [1.54, 1.807) is 6.07 Å². The highest BCUT2D eigenvalue weighted by Gasteiger charge is 2.13. The molecule has 0 aliphatic carbocycles. The van der Waals surface area contributed by atoms with Crippen molar-refractivity contribution >= 4 is 17.3 Å². The fourth-order valence-electron chi connectivity index (χ4n) is 1.88. The Kier molecular flexibility index (Phi) is 3.17. The van der Waals surface area contributed by atoms with Crippen molar-refractivity contribution in [1.29, 1.82) is 0 Å². The first-order chi connectivity index (χ1) is 9.22. The lowest BCUT2D eigenvalue weighted by molar-refractivity contribution is 0.174. The van der Waals surface area contributed by atoms with Gasteiger partial charge < -0.3 is 14.8 Å². The van der Waals surface area contributed by atoms with Gasteiger partial charge in [0.15, 0.2) is 11.5 Å². The molecular formula is C14H11ClFNO2. The van der Waals surface area contributed by atoms with E-state index in [0.29, 0.717) is 17.3 Å². The minimum Gasteiger partial charge on any atom is -0.454 e. The molecule has 1 N–H and O–H groups in total. The molecule has 0 saturated heterocycles. The molecule has 1 heterocycles. The summed E-state index contributed by atoms with van der Waals surface area (Å²) in [4.78, 5) is 0. The quantitative estimate of drug-likeness (QED) is 0.926. The largest absolute Gasteiger partial charge is 0.454 e. The molecule has 2 aromatic carbocycles. The second-order valence-electron chi connectivity index (χ2n) is 4.17. The Morgan fingerprint density at radius 3 is 2.79 bits per heavy atom. The fraction of sp³-hybridized carbons (Fsp3) is 0.143. The summed E-state index contributed by atoms with van der Waals surface area (Å²) < 4.78 is 23.5. The van der Waals surface area contributed by atoms with Gasteiger partial charge in [-0.1, -0.05) is 17.7 Å². The molecule has 98 valence electrons. The minimum absolute atomic E-state index is 0.260. The third-order valence-corrected chi connectivity index (χ3v) is 3.16. The number of benzene rings is 2. The van der Waals surface area contributed by atoms with Crippen molar-refractivity contribution in [3.05, 3.63) is 52.8 Å². The monoisotopic (exact) mass is 279 g/mol. The highest BCUT2D eigenvalue weighted by molar-refractivity contribution is 6.33. The standard InChI is InChI=1S/C14H11ClFNO2/c15-11-6-10(16)2-3-12(11)17-7-9-1-4-13-14(5-9)19-8-18-13/h1-6,17H,7-8H2. The van der Waals surface area contributed by atoms with E-state index in [4.69, 9.17) is 21.1 Å². The first kappa shape index (κ1) is 12.1. The van der Waals surface area contributed by atoms with E-state index in [-0.39, 0.29) is 12.6 Å². The highest BCUT2D eigenvalue weighted by atomic mass is 35.5. The molecule has 0 aromatic heterocycles. The summed E-state index contributed by atoms with van der Waals surface area (Å²) in [6, 6.07) is 9.98. The molecule has 0 atom stereocenters. The van der Waals surface area contributed by atoms with Gasteiger partial charge in [0, 0.05) is 6.54 Å². The van der Waals surface area contributed by atoms with Crippen LogP contribution in [0.3, 0.4) is 0 Å². The van der Waals surface area contributed by atoms with Gasteiger partial charge in [0.25, 0.3) is 0 Å². The highest BCUT2D eigenvalue weighted by Crippen LogP contribution is 2.33. The lowest BCUT2D eigenvalue weighted by Crippen LogP contribution is -2.00. The predicted octanol–water partition coefficient (Wildman–Crippen LogP) is 3.82. The molecule has 19 heavy (non-hydrogen) atoms. The van der Waals surface area contributed by atoms with Gasteiger partial charge in [-0.15, -0.1) is 0 Å². The fourth-order valence-corrected chi connectivity index (χ4v) is 2.12. The Hall–Kier alpha value is -1.94. The first-order valence-corrected chi connectivity index (χ1v) is 6.17. The second-order valence-corrected chi connectivity index (χ2v) is 4.57. The van der Waals surface area contributed by atoms with Crippen molar-refractivity contribution in [2.75, 3.05) is 12.1 Å². The van der Waals surface area contributed by atoms with Crippen LogP contribution in [-0.2, 0) is 6.54 Å². The van der Waals surface area contributed by atoms with Gasteiger partial charge in [-0.2, -0.15) is 0 Å². The SMILES string of the molecule is Fc1ccc(NCc2ccc3c(c2)OCO3)c(Cl)c1. The Labute approximate surface area is 114 Å². The third kappa shape index (κ3) is 2.58. The molecule has 2 aromatic rings. The van der Waals surface area contributed by atoms with Crippen LogP contribution >= 0.6 is 11.6 Å². The molecule has 1 aliphatic heterocycles. The molecule has 3 nitrogen and oxygen atoms in total. The van der Waals surface area contributed by atoms with Gasteiger partial charge in [0.05, 0.1) is 10.7 Å². The number of rotatable bonds is 3. The number of ether oxygens (including phenoxy) is 2. The Bertz CT molecular complexity index is 618. The van der Waals surface area contributed by atoms with Gasteiger partial charge in [-0.25, -0.2) is 4.39 Å². The van der Waals surface area contributed by atoms with E-state index in [2.05, 4.69) is 5.32 Å². The molecular weight excluding hydrogens is 269 g/mol. The average molecular weight is 280 g/mol. The molecule has 0 saturated carbocycles. The molecule has 5 heteroatoms. The zero-order chi connectivity index (χ0) is 13.2. The summed E-state index contributed by atoms with van der Waals surface area (Å²) >= 11 is 5.94. The number of anilines is 1. The summed E-state index contributed by atoms with van der Waals surface area (Å²) in [6.45, 7) is 0.831. The number of fused-ring (bicyclic) bond motifs is 1. The Morgan fingerprint density at radius 1 is 1.11 bits per heavy atom. The van der Waals surface area contributed by atoms with Gasteiger partial charge in [-0.05, 0) is 35.9 Å². The third-order valence-electron chi connectivity index (χ3n) is 2.85. The van der Waals surface area contributed by atoms with Gasteiger partial charge in [-0.3, -0.25) is 0 Å². The summed E-state index contributed by atoms with van der Waals surface area (Å²) in [7, 11) is 0. The van der Waals surface area contributed by atoms with Crippen molar-refractivity contribution in [3.63, 3.8) is 0 Å². The van der Waals surface area contributed by atoms with Crippen LogP contribution in [0, 0.1) is 5.82 Å². The molecule has 0 radical (unpaired) electrons. The smallest absolute Gasteiger partial charge is 0.231 e. The van der Waals surface area contributed by atoms with E-state index in [1.165, 1.54) is 12.1 Å². The maximum absolute atomic E-state index is 12.9. The Balaban J connectivity index is 1.72. The number of hydrogen-bond acceptors (Lipinski definition) is 3. The zero-order valence-corrected chi connectivity index (χ0v) is 10.7. The zero-order valence-electron chi connectivity index (χ0n) is 9.95. The summed E-state index contributed by atoms with van der Waals surface area (Å²) in [5.41, 5.74) is 1.73. The normalized spacial score (nSPS) is 12.5. The van der Waals surface area contributed by atoms with Crippen LogP contribution in [0.2, 0.25) is 5.02 Å². The average Bonchev–Trinajstić information content (AvgIpc) is 2.85. The van der Waals surface area contributed by atoms with Crippen LogP contribution < -0.4 is 14.8 Å². The molecule has 0 spiro atoms. The van der Waals surface area contributed by atoms with E-state index in [9.17, 15) is 4.39 Å². The maximum atomic E-state index is 12.9. The lowest BCUT2D eigenvalue weighted by atomic mass is 10.2. The molecule has 0 bridgehead atoms. The molecule has 0 unspecified atom stereocenters. The van der Waals surface area contributed by atoms with Crippen LogP contribution in [0.15, 0.2) is 36.4 Å². The van der Waals surface area contributed by atoms with E-state index >= 15 is 0 Å². The topological polar surface area (TPSA) is 30.5 Å². The van der Waals surface area contributed by atoms with Gasteiger partial charge in [0.2, 0.25) is 6.79 Å². The summed E-state index contributed by atoms with van der Waals surface area (Å²) in [5.74, 6) is 1.15. The van der Waals surface area contributed by atoms with Crippen molar-refractivity contribution in [2.24, 2.45) is 0 Å². The Morgan fingerprint density at radius 2 is 1.95 bits per heavy atom. The van der Waals surface area contributed by atoms with E-state index < -0.39 is 0 Å². The molecule has 1 aliphatic rings. The van der Waals surface area contributed by atoms with E-state index in [1.807, 2.05) is 18.2 Å². The van der Waals surface area contributed by atoms with Gasteiger partial charge in [0.1, 0.15) is 5.82 Å². The van der Waals surface area contributed by atoms with Crippen molar-refractivity contribution in [3.8, 4) is 11.5 Å². The van der Waals surface area contributed by atoms with Crippen LogP contribution in [0.25, 0.3) is 0 Å².